The third-order valence-corrected chi connectivity index (χ3v) is 2.41. The van der Waals surface area contributed by atoms with Crippen molar-refractivity contribution < 1.29 is 14.3 Å². The molecule has 1 aliphatic heterocycles. The van der Waals surface area contributed by atoms with Crippen molar-refractivity contribution in [3.05, 3.63) is 0 Å². The van der Waals surface area contributed by atoms with Gasteiger partial charge in [-0.05, 0) is 34.1 Å². The van der Waals surface area contributed by atoms with Gasteiger partial charge in [-0.3, -0.25) is 4.79 Å². The Morgan fingerprint density at radius 1 is 1.33 bits per heavy atom. The van der Waals surface area contributed by atoms with Crippen molar-refractivity contribution >= 4 is 11.9 Å². The van der Waals surface area contributed by atoms with E-state index in [2.05, 4.69) is 0 Å². The van der Waals surface area contributed by atoms with Crippen LogP contribution in [0.5, 0.6) is 0 Å². The van der Waals surface area contributed by atoms with Crippen molar-refractivity contribution in [1.82, 2.24) is 4.90 Å². The minimum atomic E-state index is -0.467. The van der Waals surface area contributed by atoms with Crippen molar-refractivity contribution in [2.75, 3.05) is 13.1 Å². The fourth-order valence-electron chi connectivity index (χ4n) is 1.58. The monoisotopic (exact) mass is 213 g/mol. The van der Waals surface area contributed by atoms with Crippen LogP contribution >= 0.6 is 0 Å². The van der Waals surface area contributed by atoms with Crippen LogP contribution in [0.3, 0.4) is 0 Å². The van der Waals surface area contributed by atoms with Crippen LogP contribution in [-0.4, -0.2) is 35.5 Å². The zero-order valence-corrected chi connectivity index (χ0v) is 9.87. The number of carbonyl (C=O) groups excluding carboxylic acids is 2. The third-order valence-electron chi connectivity index (χ3n) is 2.41. The van der Waals surface area contributed by atoms with E-state index in [-0.39, 0.29) is 17.8 Å². The lowest BCUT2D eigenvalue weighted by Crippen LogP contribution is -2.35. The maximum Gasteiger partial charge on any atom is 0.410 e. The summed E-state index contributed by atoms with van der Waals surface area (Å²) in [4.78, 5) is 24.4. The molecular weight excluding hydrogens is 194 g/mol. The molecule has 1 fully saturated rings. The number of Topliss-reactive ketones (excluding diaryl/α,β-unsaturated/α-hetero) is 1. The standard InChI is InChI=1S/C11H19NO3/c1-8(13)9-5-6-12(7-9)10(14)15-11(2,3)4/h9H,5-7H2,1-4H3/t9-/m1/s1. The zero-order chi connectivity index (χ0) is 11.6. The first-order valence-corrected chi connectivity index (χ1v) is 5.28. The Balaban J connectivity index is 2.47. The lowest BCUT2D eigenvalue weighted by atomic mass is 10.1. The highest BCUT2D eigenvalue weighted by atomic mass is 16.6. The molecule has 15 heavy (non-hydrogen) atoms. The largest absolute Gasteiger partial charge is 0.444 e. The molecule has 1 atom stereocenters. The van der Waals surface area contributed by atoms with Gasteiger partial charge in [-0.25, -0.2) is 4.79 Å². The van der Waals surface area contributed by atoms with E-state index in [1.807, 2.05) is 20.8 Å². The third kappa shape index (κ3) is 3.53. The molecule has 4 nitrogen and oxygen atoms in total. The summed E-state index contributed by atoms with van der Waals surface area (Å²) in [5.41, 5.74) is -0.467. The number of hydrogen-bond acceptors (Lipinski definition) is 3. The number of likely N-dealkylation sites (tertiary alicyclic amines) is 1. The highest BCUT2D eigenvalue weighted by Gasteiger charge is 2.31. The summed E-state index contributed by atoms with van der Waals surface area (Å²) in [5, 5.41) is 0. The Morgan fingerprint density at radius 3 is 2.33 bits per heavy atom. The predicted molar refractivity (Wildman–Crippen MR) is 56.6 cm³/mol. The summed E-state index contributed by atoms with van der Waals surface area (Å²) < 4.78 is 5.23. The molecule has 0 aromatic carbocycles. The Labute approximate surface area is 90.6 Å². The van der Waals surface area contributed by atoms with Crippen LogP contribution in [0.4, 0.5) is 4.79 Å². The molecule has 0 radical (unpaired) electrons. The number of ketones is 1. The van der Waals surface area contributed by atoms with E-state index in [9.17, 15) is 9.59 Å². The quantitative estimate of drug-likeness (QED) is 0.667. The summed E-state index contributed by atoms with van der Waals surface area (Å²) in [6.45, 7) is 8.21. The highest BCUT2D eigenvalue weighted by molar-refractivity contribution is 5.80. The van der Waals surface area contributed by atoms with E-state index >= 15 is 0 Å². The van der Waals surface area contributed by atoms with Crippen LogP contribution in [0.25, 0.3) is 0 Å². The maximum absolute atomic E-state index is 11.6. The van der Waals surface area contributed by atoms with Gasteiger partial charge in [0.1, 0.15) is 11.4 Å². The van der Waals surface area contributed by atoms with Gasteiger partial charge in [-0.1, -0.05) is 0 Å². The molecule has 1 aliphatic rings. The van der Waals surface area contributed by atoms with E-state index in [0.717, 1.165) is 6.42 Å². The fraction of sp³-hybridized carbons (Fsp3) is 0.818. The average Bonchev–Trinajstić information content (AvgIpc) is 2.47. The van der Waals surface area contributed by atoms with Crippen LogP contribution < -0.4 is 0 Å². The molecule has 1 saturated heterocycles. The van der Waals surface area contributed by atoms with Gasteiger partial charge in [0.05, 0.1) is 0 Å². The summed E-state index contributed by atoms with van der Waals surface area (Å²) >= 11 is 0. The summed E-state index contributed by atoms with van der Waals surface area (Å²) in [6, 6.07) is 0. The number of hydrogen-bond donors (Lipinski definition) is 0. The van der Waals surface area contributed by atoms with E-state index in [1.165, 1.54) is 0 Å². The van der Waals surface area contributed by atoms with E-state index in [1.54, 1.807) is 11.8 Å². The molecule has 0 N–H and O–H groups in total. The van der Waals surface area contributed by atoms with Crippen LogP contribution in [0.1, 0.15) is 34.1 Å². The fourth-order valence-corrected chi connectivity index (χ4v) is 1.58. The van der Waals surface area contributed by atoms with Gasteiger partial charge in [0.2, 0.25) is 0 Å². The Bertz CT molecular complexity index is 267. The SMILES string of the molecule is CC(=O)[C@@H]1CCN(C(=O)OC(C)(C)C)C1. The van der Waals surface area contributed by atoms with Gasteiger partial charge in [-0.15, -0.1) is 0 Å². The summed E-state index contributed by atoms with van der Waals surface area (Å²) in [6.07, 6.45) is 0.445. The van der Waals surface area contributed by atoms with Crippen molar-refractivity contribution in [2.45, 2.75) is 39.7 Å². The second-order valence-corrected chi connectivity index (χ2v) is 5.02. The molecule has 0 unspecified atom stereocenters. The molecule has 0 aromatic rings. The lowest BCUT2D eigenvalue weighted by Gasteiger charge is -2.24. The molecule has 0 aromatic heterocycles. The van der Waals surface area contributed by atoms with E-state index in [0.29, 0.717) is 13.1 Å². The van der Waals surface area contributed by atoms with Crippen LogP contribution in [-0.2, 0) is 9.53 Å². The molecule has 86 valence electrons. The van der Waals surface area contributed by atoms with Gasteiger partial charge >= 0.3 is 6.09 Å². The van der Waals surface area contributed by atoms with Gasteiger partial charge in [0.25, 0.3) is 0 Å². The van der Waals surface area contributed by atoms with E-state index in [4.69, 9.17) is 4.74 Å². The number of amides is 1. The first-order valence-electron chi connectivity index (χ1n) is 5.28. The number of carbonyl (C=O) groups is 2. The average molecular weight is 213 g/mol. The predicted octanol–water partition coefficient (Wildman–Crippen LogP) is 1.83. The smallest absolute Gasteiger partial charge is 0.410 e. The first-order chi connectivity index (χ1) is 6.79. The van der Waals surface area contributed by atoms with Gasteiger partial charge in [0.15, 0.2) is 0 Å². The van der Waals surface area contributed by atoms with Gasteiger partial charge in [0, 0.05) is 19.0 Å². The Kier molecular flexibility index (Phi) is 3.37. The van der Waals surface area contributed by atoms with Crippen molar-refractivity contribution in [2.24, 2.45) is 5.92 Å². The minimum Gasteiger partial charge on any atom is -0.444 e. The molecule has 0 aliphatic carbocycles. The van der Waals surface area contributed by atoms with Crippen molar-refractivity contribution in [3.8, 4) is 0 Å². The molecule has 0 saturated carbocycles. The summed E-state index contributed by atoms with van der Waals surface area (Å²) in [5.74, 6) is 0.151. The van der Waals surface area contributed by atoms with E-state index < -0.39 is 5.60 Å². The van der Waals surface area contributed by atoms with Crippen molar-refractivity contribution in [3.63, 3.8) is 0 Å². The number of ether oxygens (including phenoxy) is 1. The Hall–Kier alpha value is -1.06. The molecule has 4 heteroatoms. The zero-order valence-electron chi connectivity index (χ0n) is 9.87. The maximum atomic E-state index is 11.6. The number of nitrogens with zero attached hydrogens (tertiary/aromatic N) is 1. The highest BCUT2D eigenvalue weighted by Crippen LogP contribution is 2.19. The van der Waals surface area contributed by atoms with Crippen molar-refractivity contribution in [1.29, 1.82) is 0 Å². The summed E-state index contributed by atoms with van der Waals surface area (Å²) in [7, 11) is 0. The Morgan fingerprint density at radius 2 is 1.93 bits per heavy atom. The molecule has 0 spiro atoms. The molecule has 1 amide bonds. The number of rotatable bonds is 1. The molecule has 0 bridgehead atoms. The minimum absolute atomic E-state index is 0.00230. The first kappa shape index (κ1) is 12.0. The van der Waals surface area contributed by atoms with Crippen LogP contribution in [0, 0.1) is 5.92 Å². The van der Waals surface area contributed by atoms with Gasteiger partial charge in [-0.2, -0.15) is 0 Å². The van der Waals surface area contributed by atoms with Crippen LogP contribution in [0.2, 0.25) is 0 Å². The second-order valence-electron chi connectivity index (χ2n) is 5.02. The molecule has 1 rings (SSSR count). The second kappa shape index (κ2) is 4.21. The molecular formula is C11H19NO3. The molecule has 1 heterocycles. The normalized spacial score (nSPS) is 21.6. The van der Waals surface area contributed by atoms with Gasteiger partial charge < -0.3 is 9.64 Å². The van der Waals surface area contributed by atoms with Crippen LogP contribution in [0.15, 0.2) is 0 Å². The topological polar surface area (TPSA) is 46.6 Å². The lowest BCUT2D eigenvalue weighted by molar-refractivity contribution is -0.120.